The largest absolute Gasteiger partial charge is 0.495 e. The Morgan fingerprint density at radius 3 is 2.47 bits per heavy atom. The van der Waals surface area contributed by atoms with Crippen molar-refractivity contribution in [2.45, 2.75) is 6.04 Å². The molecular weight excluding hydrogens is 451 g/mol. The van der Waals surface area contributed by atoms with Gasteiger partial charge in [0.1, 0.15) is 11.4 Å². The fraction of sp³-hybridized carbons (Fsp3) is 0.200. The number of carbonyl (C=O) groups is 2. The molecule has 3 N–H and O–H groups in total. The summed E-state index contributed by atoms with van der Waals surface area (Å²) in [5, 5.41) is 22.7. The van der Waals surface area contributed by atoms with Crippen LogP contribution in [-0.4, -0.2) is 40.4 Å². The van der Waals surface area contributed by atoms with Gasteiger partial charge in [-0.2, -0.15) is 13.5 Å². The molecule has 0 fully saturated rings. The van der Waals surface area contributed by atoms with E-state index in [0.29, 0.717) is 27.4 Å². The van der Waals surface area contributed by atoms with Gasteiger partial charge in [0.05, 0.1) is 35.9 Å². The van der Waals surface area contributed by atoms with E-state index in [1.54, 1.807) is 29.8 Å². The van der Waals surface area contributed by atoms with Crippen molar-refractivity contribution in [3.63, 3.8) is 0 Å². The fourth-order valence-corrected chi connectivity index (χ4v) is 3.73. The van der Waals surface area contributed by atoms with Gasteiger partial charge in [-0.25, -0.2) is 4.79 Å². The highest BCUT2D eigenvalue weighted by Crippen LogP contribution is 2.34. The molecule has 1 aromatic heterocycles. The number of carboxylic acids is 1. The number of methoxy groups -OCH3 is 1. The molecule has 0 aliphatic heterocycles. The molecule has 0 unspecified atom stereocenters. The lowest BCUT2D eigenvalue weighted by Gasteiger charge is -2.18. The Morgan fingerprint density at radius 1 is 1.20 bits per heavy atom. The summed E-state index contributed by atoms with van der Waals surface area (Å²) >= 11 is 12.5. The Bertz CT molecular complexity index is 1120. The molecule has 1 atom stereocenters. The number of fused-ring (bicyclic) bond motifs is 1. The maximum atomic E-state index is 12.9. The molecule has 1 heterocycles. The van der Waals surface area contributed by atoms with Crippen LogP contribution in [0.3, 0.4) is 0 Å². The van der Waals surface area contributed by atoms with Crippen molar-refractivity contribution >= 4 is 59.5 Å². The van der Waals surface area contributed by atoms with E-state index < -0.39 is 24.5 Å². The van der Waals surface area contributed by atoms with Gasteiger partial charge in [0, 0.05) is 17.5 Å². The van der Waals surface area contributed by atoms with Gasteiger partial charge in [0.2, 0.25) is 0 Å². The topological polar surface area (TPSA) is 101 Å². The Kier molecular flexibility index (Phi) is 7.65. The number of rotatable bonds is 6. The number of halogens is 2. The third-order valence-electron chi connectivity index (χ3n) is 4.69. The van der Waals surface area contributed by atoms with E-state index in [4.69, 9.17) is 33.0 Å². The molecular formula is C20H20Cl2N2O5S. The number of nitrogens with zero attached hydrogens (tertiary/aromatic N) is 1. The summed E-state index contributed by atoms with van der Waals surface area (Å²) < 4.78 is 6.89. The smallest absolute Gasteiger partial charge is 0.335 e. The van der Waals surface area contributed by atoms with Crippen LogP contribution in [-0.2, 0) is 7.05 Å². The molecule has 0 aliphatic carbocycles. The number of benzene rings is 2. The Labute approximate surface area is 189 Å². The molecule has 1 amide bonds. The van der Waals surface area contributed by atoms with Crippen molar-refractivity contribution in [1.82, 2.24) is 9.88 Å². The number of nitrogens with one attached hydrogen (secondary N) is 1. The average molecular weight is 471 g/mol. The minimum absolute atomic E-state index is 0. The number of aromatic nitrogens is 1. The molecule has 160 valence electrons. The summed E-state index contributed by atoms with van der Waals surface area (Å²) in [5.41, 5.74) is 1.49. The van der Waals surface area contributed by atoms with E-state index in [0.717, 1.165) is 5.52 Å². The van der Waals surface area contributed by atoms with Gasteiger partial charge in [-0.15, -0.1) is 0 Å². The molecule has 0 saturated carbocycles. The van der Waals surface area contributed by atoms with Crippen molar-refractivity contribution in [2.24, 2.45) is 7.05 Å². The molecule has 0 saturated heterocycles. The third-order valence-corrected chi connectivity index (χ3v) is 5.41. The highest BCUT2D eigenvalue weighted by molar-refractivity contribution is 7.59. The van der Waals surface area contributed by atoms with E-state index in [-0.39, 0.29) is 24.1 Å². The standard InChI is InChI=1S/C20H18Cl2N2O5.H2S/c1-24-15-5-6-17(29-2)18(22)12(15)8-16(24)19(26)23-14(9-25)11-4-3-10(20(27)28)7-13(11)21;/h3-8,14,25H,9H2,1-2H3,(H,23,26)(H,27,28);1H2/t14-;/m1./s1. The summed E-state index contributed by atoms with van der Waals surface area (Å²) in [6, 6.07) is 8.43. The zero-order chi connectivity index (χ0) is 21.3. The zero-order valence-corrected chi connectivity index (χ0v) is 18.6. The van der Waals surface area contributed by atoms with Crippen LogP contribution >= 0.6 is 36.7 Å². The van der Waals surface area contributed by atoms with Crippen molar-refractivity contribution in [3.05, 3.63) is 63.3 Å². The minimum atomic E-state index is -1.12. The maximum Gasteiger partial charge on any atom is 0.335 e. The van der Waals surface area contributed by atoms with Crippen LogP contribution in [0.15, 0.2) is 36.4 Å². The van der Waals surface area contributed by atoms with Crippen LogP contribution < -0.4 is 10.1 Å². The monoisotopic (exact) mass is 470 g/mol. The van der Waals surface area contributed by atoms with Gasteiger partial charge < -0.3 is 24.8 Å². The third kappa shape index (κ3) is 4.37. The molecule has 10 heteroatoms. The highest BCUT2D eigenvalue weighted by Gasteiger charge is 2.22. The Morgan fingerprint density at radius 2 is 1.90 bits per heavy atom. The normalized spacial score (nSPS) is 11.6. The second-order valence-corrected chi connectivity index (χ2v) is 7.14. The lowest BCUT2D eigenvalue weighted by molar-refractivity contribution is 0.0696. The number of aromatic carboxylic acids is 1. The number of hydrogen-bond donors (Lipinski definition) is 3. The van der Waals surface area contributed by atoms with Crippen molar-refractivity contribution in [3.8, 4) is 5.75 Å². The molecule has 7 nitrogen and oxygen atoms in total. The predicted molar refractivity (Wildman–Crippen MR) is 121 cm³/mol. The van der Waals surface area contributed by atoms with Crippen LogP contribution in [0.2, 0.25) is 10.0 Å². The molecule has 0 bridgehead atoms. The second-order valence-electron chi connectivity index (χ2n) is 6.35. The first-order valence-corrected chi connectivity index (χ1v) is 9.30. The van der Waals surface area contributed by atoms with Crippen LogP contribution in [0.5, 0.6) is 5.75 Å². The Balaban J connectivity index is 0.00000320. The number of aliphatic hydroxyl groups is 1. The lowest BCUT2D eigenvalue weighted by atomic mass is 10.0. The van der Waals surface area contributed by atoms with Crippen molar-refractivity contribution in [2.75, 3.05) is 13.7 Å². The van der Waals surface area contributed by atoms with Crippen molar-refractivity contribution in [1.29, 1.82) is 0 Å². The van der Waals surface area contributed by atoms with Gasteiger partial charge in [-0.3, -0.25) is 4.79 Å². The number of aryl methyl sites for hydroxylation is 1. The second kappa shape index (κ2) is 9.61. The number of ether oxygens (including phenoxy) is 1. The maximum absolute atomic E-state index is 12.9. The minimum Gasteiger partial charge on any atom is -0.495 e. The van der Waals surface area contributed by atoms with E-state index in [2.05, 4.69) is 5.32 Å². The van der Waals surface area contributed by atoms with Gasteiger partial charge >= 0.3 is 5.97 Å². The number of aliphatic hydroxyl groups excluding tert-OH is 1. The Hall–Kier alpha value is -2.39. The molecule has 0 aliphatic rings. The fourth-order valence-electron chi connectivity index (χ4n) is 3.13. The summed E-state index contributed by atoms with van der Waals surface area (Å²) in [6.45, 7) is -0.420. The van der Waals surface area contributed by atoms with Crippen molar-refractivity contribution < 1.29 is 24.5 Å². The van der Waals surface area contributed by atoms with Crippen LogP contribution in [0.25, 0.3) is 10.9 Å². The van der Waals surface area contributed by atoms with Crippen LogP contribution in [0.4, 0.5) is 0 Å². The van der Waals surface area contributed by atoms with Gasteiger partial charge in [-0.05, 0) is 35.9 Å². The summed E-state index contributed by atoms with van der Waals surface area (Å²) in [7, 11) is 3.23. The molecule has 3 rings (SSSR count). The highest BCUT2D eigenvalue weighted by atomic mass is 35.5. The number of hydrogen-bond acceptors (Lipinski definition) is 4. The summed E-state index contributed by atoms with van der Waals surface area (Å²) in [6.07, 6.45) is 0. The van der Waals surface area contributed by atoms with E-state index in [1.807, 2.05) is 0 Å². The number of carbonyl (C=O) groups excluding carboxylic acids is 1. The van der Waals surface area contributed by atoms with E-state index in [1.165, 1.54) is 25.3 Å². The van der Waals surface area contributed by atoms with Crippen LogP contribution in [0.1, 0.15) is 32.5 Å². The zero-order valence-electron chi connectivity index (χ0n) is 16.1. The molecule has 30 heavy (non-hydrogen) atoms. The first-order valence-electron chi connectivity index (χ1n) is 8.54. The van der Waals surface area contributed by atoms with Gasteiger partial charge in [0.25, 0.3) is 5.91 Å². The van der Waals surface area contributed by atoms with Gasteiger partial charge in [-0.1, -0.05) is 29.3 Å². The number of carboxylic acid groups (broad SMARTS) is 1. The lowest BCUT2D eigenvalue weighted by Crippen LogP contribution is -2.32. The first kappa shape index (κ1) is 23.9. The van der Waals surface area contributed by atoms with E-state index >= 15 is 0 Å². The SMILES string of the molecule is COc1ccc2c(cc(C(=O)N[C@H](CO)c3ccc(C(=O)O)cc3Cl)n2C)c1Cl.S. The molecule has 0 spiro atoms. The summed E-state index contributed by atoms with van der Waals surface area (Å²) in [4.78, 5) is 23.9. The molecule has 0 radical (unpaired) electrons. The molecule has 2 aromatic carbocycles. The predicted octanol–water partition coefficient (Wildman–Crippen LogP) is 3.77. The quantitative estimate of drug-likeness (QED) is 0.508. The first-order chi connectivity index (χ1) is 13.8. The number of amides is 1. The van der Waals surface area contributed by atoms with Gasteiger partial charge in [0.15, 0.2) is 0 Å². The molecule has 3 aromatic rings. The van der Waals surface area contributed by atoms with Crippen LogP contribution in [0, 0.1) is 0 Å². The average Bonchev–Trinajstić information content (AvgIpc) is 3.04. The van der Waals surface area contributed by atoms with E-state index in [9.17, 15) is 14.7 Å². The summed E-state index contributed by atoms with van der Waals surface area (Å²) in [5.74, 6) is -1.07.